The number of hydrogen-bond donors (Lipinski definition) is 2. The number of hydrogen-bond acceptors (Lipinski definition) is 3. The van der Waals surface area contributed by atoms with Gasteiger partial charge in [0.05, 0.1) is 19.3 Å². The van der Waals surface area contributed by atoms with Gasteiger partial charge in [0, 0.05) is 6.54 Å². The number of nitrogens with zero attached hydrogens (tertiary/aromatic N) is 1. The van der Waals surface area contributed by atoms with Gasteiger partial charge in [-0.05, 0) is 7.05 Å². The molecular weight excluding hydrogens is 130 g/mol. The van der Waals surface area contributed by atoms with E-state index in [1.165, 1.54) is 0 Å². The maximum atomic E-state index is 7.18. The van der Waals surface area contributed by atoms with Gasteiger partial charge >= 0.3 is 0 Å². The molecule has 58 valence electrons. The molecule has 0 aliphatic carbocycles. The zero-order valence-electron chi connectivity index (χ0n) is 6.13. The van der Waals surface area contributed by atoms with Crippen LogP contribution >= 0.6 is 0 Å². The van der Waals surface area contributed by atoms with E-state index >= 15 is 0 Å². The van der Waals surface area contributed by atoms with Crippen LogP contribution in [0.25, 0.3) is 0 Å². The summed E-state index contributed by atoms with van der Waals surface area (Å²) >= 11 is 0. The maximum absolute atomic E-state index is 7.18. The van der Waals surface area contributed by atoms with Crippen LogP contribution in [0.3, 0.4) is 0 Å². The van der Waals surface area contributed by atoms with Gasteiger partial charge in [-0.3, -0.25) is 10.3 Å². The Labute approximate surface area is 60.5 Å². The van der Waals surface area contributed by atoms with E-state index in [-0.39, 0.29) is 11.9 Å². The predicted octanol–water partition coefficient (Wildman–Crippen LogP) is -0.747. The second kappa shape index (κ2) is 2.98. The summed E-state index contributed by atoms with van der Waals surface area (Å²) in [4.78, 5) is 2.03. The van der Waals surface area contributed by atoms with Crippen LogP contribution in [0.1, 0.15) is 0 Å². The van der Waals surface area contributed by atoms with Crippen molar-refractivity contribution < 1.29 is 4.74 Å². The third-order valence-corrected chi connectivity index (χ3v) is 1.76. The molecule has 1 aliphatic heterocycles. The Kier molecular flexibility index (Phi) is 2.24. The number of rotatable bonds is 1. The first-order chi connectivity index (χ1) is 4.72. The minimum absolute atomic E-state index is 0.00579. The Morgan fingerprint density at radius 2 is 2.50 bits per heavy atom. The summed E-state index contributed by atoms with van der Waals surface area (Å²) in [5.41, 5.74) is 5.32. The van der Waals surface area contributed by atoms with Crippen LogP contribution in [0, 0.1) is 5.41 Å². The molecule has 3 N–H and O–H groups in total. The van der Waals surface area contributed by atoms with E-state index in [4.69, 9.17) is 15.9 Å². The lowest BCUT2D eigenvalue weighted by atomic mass is 10.2. The SMILES string of the molecule is CN1CCOCC1C(=N)N. The van der Waals surface area contributed by atoms with Crippen molar-refractivity contribution in [3.8, 4) is 0 Å². The third kappa shape index (κ3) is 1.46. The lowest BCUT2D eigenvalue weighted by Crippen LogP contribution is -2.50. The smallest absolute Gasteiger partial charge is 0.111 e. The molecule has 0 aromatic rings. The van der Waals surface area contributed by atoms with Crippen LogP contribution in [0.5, 0.6) is 0 Å². The van der Waals surface area contributed by atoms with Crippen molar-refractivity contribution in [1.82, 2.24) is 4.90 Å². The van der Waals surface area contributed by atoms with Gasteiger partial charge in [-0.1, -0.05) is 0 Å². The van der Waals surface area contributed by atoms with Gasteiger partial charge in [0.2, 0.25) is 0 Å². The van der Waals surface area contributed by atoms with E-state index in [9.17, 15) is 0 Å². The standard InChI is InChI=1S/C6H13N3O/c1-9-2-3-10-4-5(9)6(7)8/h5H,2-4H2,1H3,(H3,7,8). The second-order valence-electron chi connectivity index (χ2n) is 2.53. The van der Waals surface area contributed by atoms with Crippen molar-refractivity contribution in [1.29, 1.82) is 5.41 Å². The Morgan fingerprint density at radius 3 is 2.90 bits per heavy atom. The summed E-state index contributed by atoms with van der Waals surface area (Å²) in [6, 6.07) is -0.00579. The molecule has 4 heteroatoms. The molecule has 1 heterocycles. The zero-order chi connectivity index (χ0) is 7.56. The largest absolute Gasteiger partial charge is 0.386 e. The summed E-state index contributed by atoms with van der Waals surface area (Å²) < 4.78 is 5.15. The topological polar surface area (TPSA) is 62.3 Å². The Morgan fingerprint density at radius 1 is 1.80 bits per heavy atom. The molecule has 0 bridgehead atoms. The molecule has 0 radical (unpaired) electrons. The fourth-order valence-electron chi connectivity index (χ4n) is 1.01. The summed E-state index contributed by atoms with van der Waals surface area (Å²) in [5, 5.41) is 7.18. The molecule has 0 aromatic carbocycles. The number of likely N-dealkylation sites (N-methyl/N-ethyl adjacent to an activating group) is 1. The highest BCUT2D eigenvalue weighted by Gasteiger charge is 2.21. The number of amidine groups is 1. The summed E-state index contributed by atoms with van der Waals surface area (Å²) in [6.45, 7) is 2.18. The van der Waals surface area contributed by atoms with Crippen molar-refractivity contribution in [3.05, 3.63) is 0 Å². The van der Waals surface area contributed by atoms with Crippen LogP contribution < -0.4 is 5.73 Å². The van der Waals surface area contributed by atoms with Crippen LogP contribution in [-0.2, 0) is 4.74 Å². The first-order valence-electron chi connectivity index (χ1n) is 3.33. The summed E-state index contributed by atoms with van der Waals surface area (Å²) in [7, 11) is 1.95. The fraction of sp³-hybridized carbons (Fsp3) is 0.833. The van der Waals surface area contributed by atoms with Gasteiger partial charge < -0.3 is 10.5 Å². The van der Waals surface area contributed by atoms with Gasteiger partial charge in [-0.15, -0.1) is 0 Å². The van der Waals surface area contributed by atoms with Crippen LogP contribution in [-0.4, -0.2) is 43.6 Å². The highest BCUT2D eigenvalue weighted by Crippen LogP contribution is 2.02. The molecule has 1 atom stereocenters. The molecule has 0 spiro atoms. The molecule has 4 nitrogen and oxygen atoms in total. The molecule has 10 heavy (non-hydrogen) atoms. The van der Waals surface area contributed by atoms with E-state index in [2.05, 4.69) is 0 Å². The van der Waals surface area contributed by atoms with Gasteiger partial charge in [-0.2, -0.15) is 0 Å². The normalized spacial score (nSPS) is 28.3. The number of morpholine rings is 1. The molecule has 1 saturated heterocycles. The molecule has 1 rings (SSSR count). The fourth-order valence-corrected chi connectivity index (χ4v) is 1.01. The number of nitrogens with one attached hydrogen (secondary N) is 1. The first-order valence-corrected chi connectivity index (χ1v) is 3.33. The van der Waals surface area contributed by atoms with Crippen LogP contribution in [0.4, 0.5) is 0 Å². The first kappa shape index (κ1) is 7.50. The number of nitrogens with two attached hydrogens (primary N) is 1. The van der Waals surface area contributed by atoms with Crippen LogP contribution in [0.2, 0.25) is 0 Å². The summed E-state index contributed by atoms with van der Waals surface area (Å²) in [5.74, 6) is 0.196. The monoisotopic (exact) mass is 143 g/mol. The average molecular weight is 143 g/mol. The van der Waals surface area contributed by atoms with Crippen molar-refractivity contribution in [2.24, 2.45) is 5.73 Å². The summed E-state index contributed by atoms with van der Waals surface area (Å²) in [6.07, 6.45) is 0. The molecular formula is C6H13N3O. The Balaban J connectivity index is 2.47. The van der Waals surface area contributed by atoms with Crippen molar-refractivity contribution in [3.63, 3.8) is 0 Å². The van der Waals surface area contributed by atoms with E-state index in [1.807, 2.05) is 11.9 Å². The third-order valence-electron chi connectivity index (χ3n) is 1.76. The van der Waals surface area contributed by atoms with Gasteiger partial charge in [0.1, 0.15) is 5.84 Å². The Hall–Kier alpha value is -0.610. The van der Waals surface area contributed by atoms with Gasteiger partial charge in [0.25, 0.3) is 0 Å². The van der Waals surface area contributed by atoms with E-state index in [0.717, 1.165) is 13.2 Å². The van der Waals surface area contributed by atoms with E-state index < -0.39 is 0 Å². The minimum atomic E-state index is -0.00579. The van der Waals surface area contributed by atoms with Crippen molar-refractivity contribution in [2.75, 3.05) is 26.8 Å². The maximum Gasteiger partial charge on any atom is 0.111 e. The van der Waals surface area contributed by atoms with Crippen LogP contribution in [0.15, 0.2) is 0 Å². The quantitative estimate of drug-likeness (QED) is 0.375. The highest BCUT2D eigenvalue weighted by molar-refractivity contribution is 5.82. The number of ether oxygens (including phenoxy) is 1. The Bertz CT molecular complexity index is 137. The van der Waals surface area contributed by atoms with E-state index in [0.29, 0.717) is 6.61 Å². The predicted molar refractivity (Wildman–Crippen MR) is 39.2 cm³/mol. The van der Waals surface area contributed by atoms with Gasteiger partial charge in [-0.25, -0.2) is 0 Å². The lowest BCUT2D eigenvalue weighted by molar-refractivity contribution is 0.0294. The average Bonchev–Trinajstić information content (AvgIpc) is 1.88. The molecule has 1 aliphatic rings. The molecule has 0 saturated carbocycles. The second-order valence-corrected chi connectivity index (χ2v) is 2.53. The van der Waals surface area contributed by atoms with Crippen molar-refractivity contribution >= 4 is 5.84 Å². The minimum Gasteiger partial charge on any atom is -0.386 e. The highest BCUT2D eigenvalue weighted by atomic mass is 16.5. The molecule has 1 fully saturated rings. The van der Waals surface area contributed by atoms with E-state index in [1.54, 1.807) is 0 Å². The molecule has 1 unspecified atom stereocenters. The zero-order valence-corrected chi connectivity index (χ0v) is 6.13. The van der Waals surface area contributed by atoms with Crippen molar-refractivity contribution in [2.45, 2.75) is 6.04 Å². The van der Waals surface area contributed by atoms with Gasteiger partial charge in [0.15, 0.2) is 0 Å². The molecule has 0 amide bonds. The lowest BCUT2D eigenvalue weighted by Gasteiger charge is -2.31. The molecule has 0 aromatic heterocycles.